The lowest BCUT2D eigenvalue weighted by Gasteiger charge is -2.20. The number of ether oxygens (including phenoxy) is 1. The summed E-state index contributed by atoms with van der Waals surface area (Å²) in [5.74, 6) is 1.86. The number of anilines is 2. The molecule has 2 heterocycles. The van der Waals surface area contributed by atoms with Crippen molar-refractivity contribution >= 4 is 22.7 Å². The Kier molecular flexibility index (Phi) is 2.73. The van der Waals surface area contributed by atoms with Gasteiger partial charge in [0.1, 0.15) is 5.82 Å². The standard InChI is InChI=1S/C15H18N4O/c16-15-18-11-4-2-1-3-10(11)14(19-15)17-12-7-8-20-13(12)9-5-6-9/h1-4,9,12-13H,5-8H2,(H3,16,17,18,19). The molecule has 2 atom stereocenters. The van der Waals surface area contributed by atoms with Gasteiger partial charge in [0, 0.05) is 12.0 Å². The normalized spacial score (nSPS) is 26.0. The molecular formula is C15H18N4O. The van der Waals surface area contributed by atoms with Crippen LogP contribution in [0.25, 0.3) is 10.9 Å². The molecule has 1 saturated carbocycles. The third kappa shape index (κ3) is 2.08. The number of para-hydroxylation sites is 1. The molecule has 2 unspecified atom stereocenters. The van der Waals surface area contributed by atoms with E-state index in [-0.39, 0.29) is 0 Å². The number of hydrogen-bond donors (Lipinski definition) is 2. The van der Waals surface area contributed by atoms with Gasteiger partial charge in [-0.25, -0.2) is 4.98 Å². The van der Waals surface area contributed by atoms with Crippen molar-refractivity contribution in [1.82, 2.24) is 9.97 Å². The van der Waals surface area contributed by atoms with Gasteiger partial charge in [-0.3, -0.25) is 0 Å². The molecule has 1 aliphatic heterocycles. The van der Waals surface area contributed by atoms with Crippen LogP contribution in [-0.4, -0.2) is 28.7 Å². The molecule has 2 aliphatic rings. The van der Waals surface area contributed by atoms with Crippen molar-refractivity contribution in [2.45, 2.75) is 31.4 Å². The second-order valence-corrected chi connectivity index (χ2v) is 5.66. The molecule has 1 aromatic heterocycles. The van der Waals surface area contributed by atoms with Crippen LogP contribution in [0.4, 0.5) is 11.8 Å². The van der Waals surface area contributed by atoms with Crippen LogP contribution in [0.3, 0.4) is 0 Å². The summed E-state index contributed by atoms with van der Waals surface area (Å²) in [4.78, 5) is 8.65. The minimum atomic E-state index is 0.313. The van der Waals surface area contributed by atoms with Crippen LogP contribution in [0, 0.1) is 5.92 Å². The fraction of sp³-hybridized carbons (Fsp3) is 0.467. The Morgan fingerprint density at radius 1 is 1.15 bits per heavy atom. The minimum absolute atomic E-state index is 0.313. The highest BCUT2D eigenvalue weighted by Crippen LogP contribution is 2.39. The Hall–Kier alpha value is -1.88. The van der Waals surface area contributed by atoms with Crippen LogP contribution in [0.1, 0.15) is 19.3 Å². The fourth-order valence-electron chi connectivity index (χ4n) is 3.04. The van der Waals surface area contributed by atoms with Crippen LogP contribution in [0.15, 0.2) is 24.3 Å². The predicted octanol–water partition coefficient (Wildman–Crippen LogP) is 2.19. The molecule has 5 nitrogen and oxygen atoms in total. The maximum Gasteiger partial charge on any atom is 0.222 e. The fourth-order valence-corrected chi connectivity index (χ4v) is 3.04. The van der Waals surface area contributed by atoms with Gasteiger partial charge in [-0.05, 0) is 37.3 Å². The molecule has 0 spiro atoms. The summed E-state index contributed by atoms with van der Waals surface area (Å²) in [7, 11) is 0. The van der Waals surface area contributed by atoms with Crippen molar-refractivity contribution in [2.24, 2.45) is 5.92 Å². The van der Waals surface area contributed by atoms with Gasteiger partial charge in [-0.1, -0.05) is 12.1 Å². The number of benzene rings is 1. The highest BCUT2D eigenvalue weighted by Gasteiger charge is 2.40. The Morgan fingerprint density at radius 3 is 2.85 bits per heavy atom. The Labute approximate surface area is 117 Å². The van der Waals surface area contributed by atoms with E-state index in [1.807, 2.05) is 24.3 Å². The van der Waals surface area contributed by atoms with Crippen LogP contribution < -0.4 is 11.1 Å². The molecule has 1 aliphatic carbocycles. The zero-order valence-electron chi connectivity index (χ0n) is 11.2. The van der Waals surface area contributed by atoms with E-state index < -0.39 is 0 Å². The number of aromatic nitrogens is 2. The second kappa shape index (κ2) is 4.59. The molecule has 20 heavy (non-hydrogen) atoms. The molecule has 0 bridgehead atoms. The molecule has 4 rings (SSSR count). The third-order valence-corrected chi connectivity index (χ3v) is 4.16. The van der Waals surface area contributed by atoms with E-state index in [0.29, 0.717) is 18.1 Å². The maximum absolute atomic E-state index is 5.87. The molecule has 1 aromatic carbocycles. The summed E-state index contributed by atoms with van der Waals surface area (Å²) < 4.78 is 5.87. The smallest absolute Gasteiger partial charge is 0.222 e. The second-order valence-electron chi connectivity index (χ2n) is 5.66. The zero-order chi connectivity index (χ0) is 13.5. The van der Waals surface area contributed by atoms with E-state index >= 15 is 0 Å². The number of nitrogens with one attached hydrogen (secondary N) is 1. The number of fused-ring (bicyclic) bond motifs is 1. The Balaban J connectivity index is 1.67. The quantitative estimate of drug-likeness (QED) is 0.894. The van der Waals surface area contributed by atoms with Crippen molar-refractivity contribution in [1.29, 1.82) is 0 Å². The van der Waals surface area contributed by atoms with Gasteiger partial charge in [0.15, 0.2) is 0 Å². The topological polar surface area (TPSA) is 73.1 Å². The van der Waals surface area contributed by atoms with E-state index in [1.165, 1.54) is 12.8 Å². The summed E-state index contributed by atoms with van der Waals surface area (Å²) in [5.41, 5.74) is 6.69. The van der Waals surface area contributed by atoms with Crippen molar-refractivity contribution in [3.8, 4) is 0 Å². The summed E-state index contributed by atoms with van der Waals surface area (Å²) in [6.45, 7) is 0.831. The first-order chi connectivity index (χ1) is 9.81. The van der Waals surface area contributed by atoms with E-state index in [2.05, 4.69) is 15.3 Å². The van der Waals surface area contributed by atoms with Gasteiger partial charge < -0.3 is 15.8 Å². The maximum atomic E-state index is 5.87. The summed E-state index contributed by atoms with van der Waals surface area (Å²) in [6, 6.07) is 8.28. The average Bonchev–Trinajstić information content (AvgIpc) is 3.19. The zero-order valence-corrected chi connectivity index (χ0v) is 11.2. The van der Waals surface area contributed by atoms with Crippen molar-refractivity contribution in [3.63, 3.8) is 0 Å². The summed E-state index contributed by atoms with van der Waals surface area (Å²) in [5, 5.41) is 4.56. The van der Waals surface area contributed by atoms with Crippen LogP contribution in [0.5, 0.6) is 0 Å². The average molecular weight is 270 g/mol. The first-order valence-corrected chi connectivity index (χ1v) is 7.21. The number of nitrogens with zero attached hydrogens (tertiary/aromatic N) is 2. The number of hydrogen-bond acceptors (Lipinski definition) is 5. The van der Waals surface area contributed by atoms with Gasteiger partial charge in [-0.15, -0.1) is 0 Å². The molecule has 5 heteroatoms. The van der Waals surface area contributed by atoms with E-state index in [1.54, 1.807) is 0 Å². The highest BCUT2D eigenvalue weighted by atomic mass is 16.5. The van der Waals surface area contributed by atoms with Crippen molar-refractivity contribution < 1.29 is 4.74 Å². The monoisotopic (exact) mass is 270 g/mol. The number of nitrogen functional groups attached to an aromatic ring is 1. The minimum Gasteiger partial charge on any atom is -0.376 e. The first kappa shape index (κ1) is 11.9. The van der Waals surface area contributed by atoms with Gasteiger partial charge in [0.2, 0.25) is 5.95 Å². The lowest BCUT2D eigenvalue weighted by atomic mass is 10.1. The van der Waals surface area contributed by atoms with Crippen LogP contribution in [0.2, 0.25) is 0 Å². The van der Waals surface area contributed by atoms with E-state index in [4.69, 9.17) is 10.5 Å². The van der Waals surface area contributed by atoms with E-state index in [0.717, 1.165) is 35.7 Å². The van der Waals surface area contributed by atoms with Crippen molar-refractivity contribution in [3.05, 3.63) is 24.3 Å². The SMILES string of the molecule is Nc1nc(NC2CCOC2C2CC2)c2ccccc2n1. The van der Waals surface area contributed by atoms with E-state index in [9.17, 15) is 0 Å². The Bertz CT molecular complexity index is 641. The molecule has 1 saturated heterocycles. The van der Waals surface area contributed by atoms with Gasteiger partial charge in [0.25, 0.3) is 0 Å². The number of rotatable bonds is 3. The highest BCUT2D eigenvalue weighted by molar-refractivity contribution is 5.90. The Morgan fingerprint density at radius 2 is 2.00 bits per heavy atom. The third-order valence-electron chi connectivity index (χ3n) is 4.16. The van der Waals surface area contributed by atoms with Gasteiger partial charge in [-0.2, -0.15) is 4.98 Å². The van der Waals surface area contributed by atoms with Crippen LogP contribution >= 0.6 is 0 Å². The molecule has 0 radical (unpaired) electrons. The van der Waals surface area contributed by atoms with Crippen molar-refractivity contribution in [2.75, 3.05) is 17.7 Å². The van der Waals surface area contributed by atoms with Crippen LogP contribution in [-0.2, 0) is 4.74 Å². The molecule has 0 amide bonds. The molecule has 3 N–H and O–H groups in total. The summed E-state index contributed by atoms with van der Waals surface area (Å²) >= 11 is 0. The first-order valence-electron chi connectivity index (χ1n) is 7.21. The molecular weight excluding hydrogens is 252 g/mol. The molecule has 2 fully saturated rings. The molecule has 2 aromatic rings. The lowest BCUT2D eigenvalue weighted by molar-refractivity contribution is 0.0898. The lowest BCUT2D eigenvalue weighted by Crippen LogP contribution is -2.31. The van der Waals surface area contributed by atoms with Gasteiger partial charge in [0.05, 0.1) is 17.7 Å². The predicted molar refractivity (Wildman–Crippen MR) is 78.4 cm³/mol. The van der Waals surface area contributed by atoms with Gasteiger partial charge >= 0.3 is 0 Å². The summed E-state index contributed by atoms with van der Waals surface area (Å²) in [6.07, 6.45) is 3.93. The number of nitrogens with two attached hydrogens (primary N) is 1. The molecule has 104 valence electrons. The largest absolute Gasteiger partial charge is 0.376 e.